The average molecular weight is 475 g/mol. The van der Waals surface area contributed by atoms with Gasteiger partial charge in [0, 0.05) is 19.2 Å². The van der Waals surface area contributed by atoms with Gasteiger partial charge in [-0.25, -0.2) is 22.2 Å². The van der Waals surface area contributed by atoms with Crippen LogP contribution in [0.4, 0.5) is 24.7 Å². The van der Waals surface area contributed by atoms with Crippen LogP contribution in [0.2, 0.25) is 5.02 Å². The van der Waals surface area contributed by atoms with Crippen LogP contribution in [-0.2, 0) is 10.0 Å². The fraction of sp³-hybridized carbons (Fsp3) is 0.450. The summed E-state index contributed by atoms with van der Waals surface area (Å²) in [5, 5.41) is 2.87. The molecule has 1 aromatic carbocycles. The van der Waals surface area contributed by atoms with Crippen LogP contribution in [0, 0.1) is 29.4 Å². The molecule has 11 heteroatoms. The Hall–Kier alpha value is -2.04. The predicted octanol–water partition coefficient (Wildman–Crippen LogP) is 3.78. The largest absolute Gasteiger partial charge is 0.370 e. The monoisotopic (exact) mass is 474 g/mol. The number of halogens is 4. The van der Waals surface area contributed by atoms with E-state index in [1.54, 1.807) is 4.90 Å². The summed E-state index contributed by atoms with van der Waals surface area (Å²) in [6, 6.07) is 4.34. The van der Waals surface area contributed by atoms with E-state index in [0.717, 1.165) is 50.6 Å². The second-order valence-corrected chi connectivity index (χ2v) is 9.87. The van der Waals surface area contributed by atoms with Gasteiger partial charge in [-0.1, -0.05) is 17.7 Å². The van der Waals surface area contributed by atoms with E-state index >= 15 is 0 Å². The number of hydrogen-bond acceptors (Lipinski definition) is 5. The molecule has 2 fully saturated rings. The van der Waals surface area contributed by atoms with E-state index in [9.17, 15) is 21.6 Å². The molecule has 168 valence electrons. The van der Waals surface area contributed by atoms with E-state index in [4.69, 9.17) is 11.6 Å². The molecule has 0 spiro atoms. The lowest BCUT2D eigenvalue weighted by atomic mass is 9.84. The van der Waals surface area contributed by atoms with Crippen molar-refractivity contribution in [3.05, 3.63) is 46.9 Å². The quantitative estimate of drug-likeness (QED) is 0.509. The summed E-state index contributed by atoms with van der Waals surface area (Å²) < 4.78 is 70.1. The van der Waals surface area contributed by atoms with Crippen molar-refractivity contribution in [2.45, 2.75) is 24.2 Å². The zero-order valence-electron chi connectivity index (χ0n) is 16.5. The first kappa shape index (κ1) is 22.2. The molecule has 0 bridgehead atoms. The third kappa shape index (κ3) is 4.61. The average Bonchev–Trinajstić information content (AvgIpc) is 3.21. The van der Waals surface area contributed by atoms with Crippen LogP contribution < -0.4 is 14.9 Å². The zero-order valence-corrected chi connectivity index (χ0v) is 18.1. The van der Waals surface area contributed by atoms with Crippen molar-refractivity contribution in [1.29, 1.82) is 0 Å². The highest BCUT2D eigenvalue weighted by molar-refractivity contribution is 7.92. The first-order valence-corrected chi connectivity index (χ1v) is 11.9. The van der Waals surface area contributed by atoms with Gasteiger partial charge < -0.3 is 10.2 Å². The van der Waals surface area contributed by atoms with Gasteiger partial charge >= 0.3 is 0 Å². The number of rotatable bonds is 5. The maximum atomic E-state index is 15.0. The van der Waals surface area contributed by atoms with Gasteiger partial charge in [-0.15, -0.1) is 0 Å². The fourth-order valence-electron chi connectivity index (χ4n) is 4.40. The summed E-state index contributed by atoms with van der Waals surface area (Å²) in [5.74, 6) is -3.05. The Balaban J connectivity index is 1.59. The van der Waals surface area contributed by atoms with E-state index in [2.05, 4.69) is 10.3 Å². The first-order valence-electron chi connectivity index (χ1n) is 10.0. The molecule has 2 N–H and O–H groups in total. The van der Waals surface area contributed by atoms with Gasteiger partial charge in [0.1, 0.15) is 16.7 Å². The molecule has 2 saturated heterocycles. The van der Waals surface area contributed by atoms with E-state index < -0.39 is 43.3 Å². The number of piperidine rings is 1. The second-order valence-electron chi connectivity index (χ2n) is 7.87. The molecular weight excluding hydrogens is 453 g/mol. The number of nitrogens with zero attached hydrogens (tertiary/aromatic N) is 2. The van der Waals surface area contributed by atoms with Crippen LogP contribution in [0.5, 0.6) is 0 Å². The SMILES string of the molecule is O=S(=O)(Nc1cccc(F)n1)c1c(F)cc(N2CC[C@@H](C3CCNCC3)C2)c(Cl)c1F. The minimum atomic E-state index is -4.72. The Morgan fingerprint density at radius 2 is 1.87 bits per heavy atom. The van der Waals surface area contributed by atoms with E-state index in [1.807, 2.05) is 4.72 Å². The third-order valence-corrected chi connectivity index (χ3v) is 7.69. The summed E-state index contributed by atoms with van der Waals surface area (Å²) in [4.78, 5) is 3.94. The van der Waals surface area contributed by atoms with Crippen LogP contribution in [0.1, 0.15) is 19.3 Å². The number of pyridine rings is 1. The lowest BCUT2D eigenvalue weighted by Gasteiger charge is -2.28. The summed E-state index contributed by atoms with van der Waals surface area (Å²) >= 11 is 6.16. The third-order valence-electron chi connectivity index (χ3n) is 5.94. The second kappa shape index (κ2) is 8.84. The Morgan fingerprint density at radius 1 is 1.13 bits per heavy atom. The van der Waals surface area contributed by atoms with Gasteiger partial charge in [-0.05, 0) is 56.3 Å². The first-order chi connectivity index (χ1) is 14.8. The Morgan fingerprint density at radius 3 is 2.58 bits per heavy atom. The van der Waals surface area contributed by atoms with Crippen LogP contribution in [0.15, 0.2) is 29.2 Å². The summed E-state index contributed by atoms with van der Waals surface area (Å²) in [6.07, 6.45) is 3.01. The summed E-state index contributed by atoms with van der Waals surface area (Å²) in [7, 11) is -4.72. The van der Waals surface area contributed by atoms with Gasteiger partial charge in [0.15, 0.2) is 10.7 Å². The molecule has 4 rings (SSSR count). The Labute approximate surface area is 183 Å². The van der Waals surface area contributed by atoms with Gasteiger partial charge in [0.2, 0.25) is 5.95 Å². The normalized spacial score (nSPS) is 20.3. The Kier molecular flexibility index (Phi) is 6.32. The van der Waals surface area contributed by atoms with Crippen LogP contribution >= 0.6 is 11.6 Å². The summed E-state index contributed by atoms with van der Waals surface area (Å²) in [6.45, 7) is 3.13. The molecule has 0 unspecified atom stereocenters. The van der Waals surface area contributed by atoms with E-state index in [-0.39, 0.29) is 5.69 Å². The van der Waals surface area contributed by atoms with Gasteiger partial charge in [0.05, 0.1) is 5.69 Å². The molecule has 2 aliphatic rings. The van der Waals surface area contributed by atoms with Crippen LogP contribution in [0.25, 0.3) is 0 Å². The molecule has 0 amide bonds. The highest BCUT2D eigenvalue weighted by Gasteiger charge is 2.34. The molecule has 1 atom stereocenters. The van der Waals surface area contributed by atoms with Crippen molar-refractivity contribution >= 4 is 33.1 Å². The molecule has 0 radical (unpaired) electrons. The molecule has 1 aromatic heterocycles. The minimum absolute atomic E-state index is 0.135. The standard InChI is InChI=1S/C20H22ClF3N4O2S/c21-18-15(28-9-6-13(11-28)12-4-7-25-8-5-12)10-14(22)20(19(18)24)31(29,30)27-17-3-1-2-16(23)26-17/h1-3,10,12-13,25H,4-9,11H2,(H,26,27)/t13-/m1/s1. The number of benzene rings is 1. The molecule has 0 aliphatic carbocycles. The maximum Gasteiger partial charge on any atom is 0.268 e. The van der Waals surface area contributed by atoms with Crippen molar-refractivity contribution in [1.82, 2.24) is 10.3 Å². The number of hydrogen-bond donors (Lipinski definition) is 2. The molecule has 2 aromatic rings. The van der Waals surface area contributed by atoms with Crippen LogP contribution in [0.3, 0.4) is 0 Å². The van der Waals surface area contributed by atoms with Crippen molar-refractivity contribution in [3.63, 3.8) is 0 Å². The highest BCUT2D eigenvalue weighted by atomic mass is 35.5. The van der Waals surface area contributed by atoms with E-state index in [0.29, 0.717) is 24.9 Å². The Bertz CT molecular complexity index is 1080. The minimum Gasteiger partial charge on any atom is -0.370 e. The molecule has 6 nitrogen and oxygen atoms in total. The van der Waals surface area contributed by atoms with Gasteiger partial charge in [-0.3, -0.25) is 4.72 Å². The number of sulfonamides is 1. The number of nitrogens with one attached hydrogen (secondary N) is 2. The topological polar surface area (TPSA) is 74.3 Å². The molecule has 3 heterocycles. The lowest BCUT2D eigenvalue weighted by molar-refractivity contribution is 0.276. The molecule has 0 saturated carbocycles. The summed E-state index contributed by atoms with van der Waals surface area (Å²) in [5.41, 5.74) is 0.135. The van der Waals surface area contributed by atoms with Crippen molar-refractivity contribution < 1.29 is 21.6 Å². The predicted molar refractivity (Wildman–Crippen MR) is 112 cm³/mol. The van der Waals surface area contributed by atoms with Crippen molar-refractivity contribution in [2.24, 2.45) is 11.8 Å². The van der Waals surface area contributed by atoms with Crippen molar-refractivity contribution in [2.75, 3.05) is 35.8 Å². The van der Waals surface area contributed by atoms with E-state index in [1.165, 1.54) is 6.07 Å². The van der Waals surface area contributed by atoms with Gasteiger partial charge in [0.25, 0.3) is 10.0 Å². The highest BCUT2D eigenvalue weighted by Crippen LogP contribution is 2.39. The fourth-order valence-corrected chi connectivity index (χ4v) is 5.87. The number of aromatic nitrogens is 1. The van der Waals surface area contributed by atoms with Gasteiger partial charge in [-0.2, -0.15) is 4.39 Å². The number of anilines is 2. The van der Waals surface area contributed by atoms with Crippen LogP contribution in [-0.4, -0.2) is 39.6 Å². The van der Waals surface area contributed by atoms with Crippen molar-refractivity contribution in [3.8, 4) is 0 Å². The smallest absolute Gasteiger partial charge is 0.268 e. The molecule has 2 aliphatic heterocycles. The lowest BCUT2D eigenvalue weighted by Crippen LogP contribution is -2.33. The molecule has 31 heavy (non-hydrogen) atoms. The zero-order chi connectivity index (χ0) is 22.2. The maximum absolute atomic E-state index is 15.0. The molecular formula is C20H22ClF3N4O2S.